The molecule has 1 fully saturated rings. The highest BCUT2D eigenvalue weighted by molar-refractivity contribution is 5.55. The number of para-hydroxylation sites is 1. The zero-order valence-electron chi connectivity index (χ0n) is 13.2. The molecule has 1 aromatic rings. The summed E-state index contributed by atoms with van der Waals surface area (Å²) in [5.41, 5.74) is 3.31. The van der Waals surface area contributed by atoms with Crippen LogP contribution in [0.3, 0.4) is 0 Å². The van der Waals surface area contributed by atoms with Crippen molar-refractivity contribution >= 4 is 5.69 Å². The molecule has 0 amide bonds. The molecule has 1 aromatic carbocycles. The van der Waals surface area contributed by atoms with Gasteiger partial charge in [-0.15, -0.1) is 0 Å². The van der Waals surface area contributed by atoms with E-state index in [1.54, 1.807) is 0 Å². The predicted octanol–water partition coefficient (Wildman–Crippen LogP) is 3.46. The van der Waals surface area contributed by atoms with E-state index in [0.717, 1.165) is 25.0 Å². The fraction of sp³-hybridized carbons (Fsp3) is 0.667. The van der Waals surface area contributed by atoms with E-state index in [-0.39, 0.29) is 0 Å². The molecule has 110 valence electrons. The normalized spacial score (nSPS) is 22.8. The molecule has 20 heavy (non-hydrogen) atoms. The van der Waals surface area contributed by atoms with Gasteiger partial charge in [-0.05, 0) is 42.2 Å². The van der Waals surface area contributed by atoms with Crippen LogP contribution in [0.1, 0.15) is 39.2 Å². The fourth-order valence-corrected chi connectivity index (χ4v) is 3.34. The molecule has 1 aliphatic heterocycles. The Bertz CT molecular complexity index is 462. The highest BCUT2D eigenvalue weighted by Gasteiger charge is 2.29. The van der Waals surface area contributed by atoms with Gasteiger partial charge >= 0.3 is 0 Å². The summed E-state index contributed by atoms with van der Waals surface area (Å²) in [5.74, 6) is 0.761. The van der Waals surface area contributed by atoms with Gasteiger partial charge in [0, 0.05) is 31.4 Å². The molecule has 1 heterocycles. The summed E-state index contributed by atoms with van der Waals surface area (Å²) in [6.07, 6.45) is 3.98. The van der Waals surface area contributed by atoms with Crippen molar-refractivity contribution in [1.82, 2.24) is 5.32 Å². The quantitative estimate of drug-likeness (QED) is 0.883. The molecule has 2 heteroatoms. The van der Waals surface area contributed by atoms with Crippen molar-refractivity contribution in [2.45, 2.75) is 46.1 Å². The van der Waals surface area contributed by atoms with Crippen LogP contribution in [0.15, 0.2) is 24.3 Å². The third kappa shape index (κ3) is 3.35. The van der Waals surface area contributed by atoms with Gasteiger partial charge in [-0.3, -0.25) is 0 Å². The van der Waals surface area contributed by atoms with Gasteiger partial charge in [0.1, 0.15) is 0 Å². The van der Waals surface area contributed by atoms with E-state index in [1.165, 1.54) is 37.1 Å². The number of nitrogens with zero attached hydrogens (tertiary/aromatic N) is 1. The molecule has 0 saturated heterocycles. The summed E-state index contributed by atoms with van der Waals surface area (Å²) < 4.78 is 0. The standard InChI is InChI=1S/C18H28N2/c1-14-10-15-6-4-5-7-17(15)20(11-14)13-18(2,3)12-19-16-8-9-16/h4-7,14,16,19H,8-13H2,1-3H3. The van der Waals surface area contributed by atoms with Crippen LogP contribution in [0.4, 0.5) is 5.69 Å². The minimum absolute atomic E-state index is 0.326. The Morgan fingerprint density at radius 2 is 2.00 bits per heavy atom. The maximum absolute atomic E-state index is 3.69. The molecular formula is C18H28N2. The summed E-state index contributed by atoms with van der Waals surface area (Å²) in [7, 11) is 0. The molecule has 2 nitrogen and oxygen atoms in total. The molecule has 1 N–H and O–H groups in total. The Hall–Kier alpha value is -1.02. The second-order valence-corrected chi connectivity index (χ2v) is 7.64. The molecule has 1 aliphatic carbocycles. The Morgan fingerprint density at radius 1 is 1.25 bits per heavy atom. The maximum Gasteiger partial charge on any atom is 0.0399 e. The van der Waals surface area contributed by atoms with Crippen LogP contribution < -0.4 is 10.2 Å². The SMILES string of the molecule is CC1Cc2ccccc2N(CC(C)(C)CNC2CC2)C1. The number of benzene rings is 1. The second kappa shape index (κ2) is 5.40. The highest BCUT2D eigenvalue weighted by Crippen LogP contribution is 2.32. The topological polar surface area (TPSA) is 15.3 Å². The number of hydrogen-bond acceptors (Lipinski definition) is 2. The highest BCUT2D eigenvalue weighted by atomic mass is 15.2. The Kier molecular flexibility index (Phi) is 3.76. The first-order chi connectivity index (χ1) is 9.53. The average molecular weight is 272 g/mol. The fourth-order valence-electron chi connectivity index (χ4n) is 3.34. The second-order valence-electron chi connectivity index (χ2n) is 7.64. The molecule has 0 radical (unpaired) electrons. The van der Waals surface area contributed by atoms with Crippen LogP contribution in [-0.4, -0.2) is 25.7 Å². The van der Waals surface area contributed by atoms with E-state index in [1.807, 2.05) is 0 Å². The summed E-state index contributed by atoms with van der Waals surface area (Å²) >= 11 is 0. The van der Waals surface area contributed by atoms with Crippen LogP contribution in [-0.2, 0) is 6.42 Å². The lowest BCUT2D eigenvalue weighted by molar-refractivity contribution is 0.330. The van der Waals surface area contributed by atoms with Crippen LogP contribution >= 0.6 is 0 Å². The van der Waals surface area contributed by atoms with E-state index < -0.39 is 0 Å². The van der Waals surface area contributed by atoms with Crippen molar-refractivity contribution in [3.63, 3.8) is 0 Å². The largest absolute Gasteiger partial charge is 0.370 e. The van der Waals surface area contributed by atoms with Gasteiger partial charge in [0.2, 0.25) is 0 Å². The number of rotatable bonds is 5. The summed E-state index contributed by atoms with van der Waals surface area (Å²) in [6.45, 7) is 10.6. The van der Waals surface area contributed by atoms with Crippen LogP contribution in [0.5, 0.6) is 0 Å². The molecule has 1 unspecified atom stereocenters. The van der Waals surface area contributed by atoms with Crippen molar-refractivity contribution < 1.29 is 0 Å². The number of anilines is 1. The summed E-state index contributed by atoms with van der Waals surface area (Å²) in [4.78, 5) is 2.61. The third-order valence-corrected chi connectivity index (χ3v) is 4.50. The predicted molar refractivity (Wildman–Crippen MR) is 86.3 cm³/mol. The van der Waals surface area contributed by atoms with Crippen LogP contribution in [0.2, 0.25) is 0 Å². The molecule has 0 aromatic heterocycles. The average Bonchev–Trinajstić information content (AvgIpc) is 3.20. The lowest BCUT2D eigenvalue weighted by Crippen LogP contribution is -2.44. The van der Waals surface area contributed by atoms with Crippen molar-refractivity contribution in [3.05, 3.63) is 29.8 Å². The van der Waals surface area contributed by atoms with Crippen LogP contribution in [0.25, 0.3) is 0 Å². The molecule has 3 rings (SSSR count). The van der Waals surface area contributed by atoms with E-state index >= 15 is 0 Å². The number of hydrogen-bond donors (Lipinski definition) is 1. The summed E-state index contributed by atoms with van der Waals surface area (Å²) in [6, 6.07) is 9.76. The van der Waals surface area contributed by atoms with Crippen LogP contribution in [0, 0.1) is 11.3 Å². The minimum atomic E-state index is 0.326. The molecule has 0 bridgehead atoms. The van der Waals surface area contributed by atoms with E-state index in [2.05, 4.69) is 55.3 Å². The monoisotopic (exact) mass is 272 g/mol. The number of nitrogens with one attached hydrogen (secondary N) is 1. The zero-order chi connectivity index (χ0) is 14.2. The van der Waals surface area contributed by atoms with Crippen molar-refractivity contribution in [2.75, 3.05) is 24.5 Å². The van der Waals surface area contributed by atoms with Gasteiger partial charge in [-0.2, -0.15) is 0 Å². The maximum atomic E-state index is 3.69. The van der Waals surface area contributed by atoms with E-state index in [9.17, 15) is 0 Å². The van der Waals surface area contributed by atoms with Gasteiger partial charge in [0.05, 0.1) is 0 Å². The first-order valence-electron chi connectivity index (χ1n) is 8.10. The molecule has 0 spiro atoms. The number of fused-ring (bicyclic) bond motifs is 1. The van der Waals surface area contributed by atoms with Crippen molar-refractivity contribution in [3.8, 4) is 0 Å². The lowest BCUT2D eigenvalue weighted by Gasteiger charge is -2.40. The third-order valence-electron chi connectivity index (χ3n) is 4.50. The van der Waals surface area contributed by atoms with Gasteiger partial charge in [0.15, 0.2) is 0 Å². The Labute approximate surface area is 123 Å². The first-order valence-corrected chi connectivity index (χ1v) is 8.10. The summed E-state index contributed by atoms with van der Waals surface area (Å²) in [5, 5.41) is 3.69. The molecular weight excluding hydrogens is 244 g/mol. The van der Waals surface area contributed by atoms with E-state index in [0.29, 0.717) is 5.41 Å². The Balaban J connectivity index is 1.69. The van der Waals surface area contributed by atoms with Gasteiger partial charge in [-0.1, -0.05) is 39.0 Å². The lowest BCUT2D eigenvalue weighted by atomic mass is 9.88. The van der Waals surface area contributed by atoms with Gasteiger partial charge in [0.25, 0.3) is 0 Å². The minimum Gasteiger partial charge on any atom is -0.370 e. The molecule has 2 aliphatic rings. The van der Waals surface area contributed by atoms with Crippen molar-refractivity contribution in [1.29, 1.82) is 0 Å². The van der Waals surface area contributed by atoms with Gasteiger partial charge in [-0.25, -0.2) is 0 Å². The molecule has 1 saturated carbocycles. The molecule has 1 atom stereocenters. The zero-order valence-corrected chi connectivity index (χ0v) is 13.2. The first kappa shape index (κ1) is 13.9. The van der Waals surface area contributed by atoms with Gasteiger partial charge < -0.3 is 10.2 Å². The smallest absolute Gasteiger partial charge is 0.0399 e. The van der Waals surface area contributed by atoms with E-state index in [4.69, 9.17) is 0 Å². The van der Waals surface area contributed by atoms with Crippen molar-refractivity contribution in [2.24, 2.45) is 11.3 Å². The Morgan fingerprint density at radius 3 is 2.75 bits per heavy atom.